The molecule has 7 nitrogen and oxygen atoms in total. The first-order valence-electron chi connectivity index (χ1n) is 9.99. The summed E-state index contributed by atoms with van der Waals surface area (Å²) in [6, 6.07) is 15.2. The molecule has 0 bridgehead atoms. The minimum atomic E-state index is -0.480. The van der Waals surface area contributed by atoms with Gasteiger partial charge in [0, 0.05) is 17.4 Å². The van der Waals surface area contributed by atoms with Crippen LogP contribution in [0.1, 0.15) is 5.56 Å². The van der Waals surface area contributed by atoms with Crippen LogP contribution < -0.4 is 15.0 Å². The number of esters is 1. The molecule has 0 amide bonds. The van der Waals surface area contributed by atoms with Crippen molar-refractivity contribution in [1.29, 1.82) is 0 Å². The molecule has 0 atom stereocenters. The zero-order valence-corrected chi connectivity index (χ0v) is 18.6. The van der Waals surface area contributed by atoms with Gasteiger partial charge in [-0.15, -0.1) is 11.3 Å². The van der Waals surface area contributed by atoms with Gasteiger partial charge in [0.05, 0.1) is 32.5 Å². The third-order valence-electron chi connectivity index (χ3n) is 5.05. The molecule has 32 heavy (non-hydrogen) atoms. The molecular weight excluding hydrogens is 428 g/mol. The number of rotatable bonds is 8. The molecule has 0 spiro atoms. The predicted octanol–water partition coefficient (Wildman–Crippen LogP) is 3.93. The summed E-state index contributed by atoms with van der Waals surface area (Å²) in [4.78, 5) is 30.4. The van der Waals surface area contributed by atoms with Crippen molar-refractivity contribution in [2.45, 2.75) is 13.0 Å². The zero-order chi connectivity index (χ0) is 22.5. The predicted molar refractivity (Wildman–Crippen MR) is 124 cm³/mol. The molecule has 0 unspecified atom stereocenters. The van der Waals surface area contributed by atoms with Crippen LogP contribution in [0.4, 0.5) is 0 Å². The van der Waals surface area contributed by atoms with Crippen molar-refractivity contribution in [3.05, 3.63) is 76.2 Å². The van der Waals surface area contributed by atoms with E-state index in [0.717, 1.165) is 16.7 Å². The Balaban J connectivity index is 1.55. The fourth-order valence-corrected chi connectivity index (χ4v) is 4.32. The Morgan fingerprint density at radius 1 is 1.06 bits per heavy atom. The van der Waals surface area contributed by atoms with Crippen molar-refractivity contribution in [2.24, 2.45) is 0 Å². The van der Waals surface area contributed by atoms with E-state index in [4.69, 9.17) is 14.2 Å². The molecule has 0 radical (unpaired) electrons. The van der Waals surface area contributed by atoms with E-state index in [1.54, 1.807) is 20.3 Å². The normalized spacial score (nSPS) is 10.8. The third-order valence-corrected chi connectivity index (χ3v) is 5.94. The quantitative estimate of drug-likeness (QED) is 0.379. The van der Waals surface area contributed by atoms with Crippen LogP contribution in [0.15, 0.2) is 65.0 Å². The van der Waals surface area contributed by atoms with Crippen LogP contribution in [0.5, 0.6) is 11.5 Å². The summed E-state index contributed by atoms with van der Waals surface area (Å²) in [5.41, 5.74) is 2.32. The number of hydrogen-bond donors (Lipinski definition) is 0. The maximum atomic E-state index is 13.2. The molecule has 0 aliphatic rings. The van der Waals surface area contributed by atoms with E-state index >= 15 is 0 Å². The molecule has 164 valence electrons. The lowest BCUT2D eigenvalue weighted by atomic mass is 10.1. The summed E-state index contributed by atoms with van der Waals surface area (Å²) >= 11 is 1.37. The van der Waals surface area contributed by atoms with E-state index in [1.807, 2.05) is 47.8 Å². The molecule has 0 saturated carbocycles. The minimum absolute atomic E-state index is 0.197. The number of nitrogens with zero attached hydrogens (tertiary/aromatic N) is 2. The molecule has 0 aliphatic heterocycles. The topological polar surface area (TPSA) is 79.7 Å². The monoisotopic (exact) mass is 450 g/mol. The highest BCUT2D eigenvalue weighted by atomic mass is 32.1. The highest BCUT2D eigenvalue weighted by Gasteiger charge is 2.16. The first-order valence-corrected chi connectivity index (χ1v) is 10.9. The van der Waals surface area contributed by atoms with E-state index in [9.17, 15) is 9.59 Å². The lowest BCUT2D eigenvalue weighted by Gasteiger charge is -2.10. The van der Waals surface area contributed by atoms with Crippen molar-refractivity contribution in [1.82, 2.24) is 9.55 Å². The molecule has 0 aliphatic carbocycles. The van der Waals surface area contributed by atoms with Crippen molar-refractivity contribution in [2.75, 3.05) is 20.8 Å². The van der Waals surface area contributed by atoms with Gasteiger partial charge in [-0.1, -0.05) is 36.4 Å². The highest BCUT2D eigenvalue weighted by molar-refractivity contribution is 7.17. The summed E-state index contributed by atoms with van der Waals surface area (Å²) in [5.74, 6) is 0.687. The first-order chi connectivity index (χ1) is 15.6. The van der Waals surface area contributed by atoms with Crippen LogP contribution in [-0.4, -0.2) is 36.3 Å². The summed E-state index contributed by atoms with van der Waals surface area (Å²) in [7, 11) is 3.13. The largest absolute Gasteiger partial charge is 0.493 e. The van der Waals surface area contributed by atoms with Crippen LogP contribution in [-0.2, 0) is 22.5 Å². The van der Waals surface area contributed by atoms with Crippen molar-refractivity contribution >= 4 is 27.5 Å². The molecule has 0 fully saturated rings. The van der Waals surface area contributed by atoms with Gasteiger partial charge in [0.2, 0.25) is 0 Å². The van der Waals surface area contributed by atoms with Gasteiger partial charge < -0.3 is 14.2 Å². The van der Waals surface area contributed by atoms with Crippen LogP contribution in [0.3, 0.4) is 0 Å². The molecule has 4 rings (SSSR count). The summed E-state index contributed by atoms with van der Waals surface area (Å²) in [5, 5.41) is 2.34. The number of benzene rings is 2. The van der Waals surface area contributed by atoms with Gasteiger partial charge >= 0.3 is 5.97 Å². The number of hydrogen-bond acceptors (Lipinski definition) is 7. The molecule has 8 heteroatoms. The number of carbonyl (C=O) groups excluding carboxylic acids is 1. The van der Waals surface area contributed by atoms with Crippen LogP contribution in [0, 0.1) is 0 Å². The fraction of sp³-hybridized carbons (Fsp3) is 0.208. The Morgan fingerprint density at radius 2 is 1.84 bits per heavy atom. The number of ether oxygens (including phenoxy) is 3. The Morgan fingerprint density at radius 3 is 2.59 bits per heavy atom. The van der Waals surface area contributed by atoms with Gasteiger partial charge in [-0.2, -0.15) is 0 Å². The van der Waals surface area contributed by atoms with E-state index in [1.165, 1.54) is 22.2 Å². The van der Waals surface area contributed by atoms with Crippen molar-refractivity contribution in [3.8, 4) is 22.6 Å². The van der Waals surface area contributed by atoms with Crippen molar-refractivity contribution in [3.63, 3.8) is 0 Å². The molecule has 2 heterocycles. The van der Waals surface area contributed by atoms with Crippen LogP contribution in [0.2, 0.25) is 0 Å². The van der Waals surface area contributed by atoms with Gasteiger partial charge in [0.15, 0.2) is 11.5 Å². The highest BCUT2D eigenvalue weighted by Crippen LogP contribution is 2.36. The smallest absolute Gasteiger partial charge is 0.326 e. The zero-order valence-electron chi connectivity index (χ0n) is 17.7. The molecule has 0 saturated heterocycles. The Bertz CT molecular complexity index is 1300. The number of methoxy groups -OCH3 is 2. The standard InChI is InChI=1S/C24H22N2O5S/c1-29-19-9-8-17(12-20(19)30-2)18-14-32-23-22(18)24(28)26(15-25-23)13-21(27)31-11-10-16-6-4-3-5-7-16/h3-9,12,14-15H,10-11,13H2,1-2H3. The molecule has 0 N–H and O–H groups in total. The second-order valence-electron chi connectivity index (χ2n) is 7.03. The second kappa shape index (κ2) is 9.65. The number of fused-ring (bicyclic) bond motifs is 1. The Kier molecular flexibility index (Phi) is 6.51. The lowest BCUT2D eigenvalue weighted by molar-refractivity contribution is -0.144. The Labute approximate surface area is 188 Å². The third kappa shape index (κ3) is 4.50. The molecule has 2 aromatic heterocycles. The number of carbonyl (C=O) groups is 1. The van der Waals surface area contributed by atoms with E-state index in [0.29, 0.717) is 28.1 Å². The van der Waals surface area contributed by atoms with E-state index in [2.05, 4.69) is 4.98 Å². The van der Waals surface area contributed by atoms with Gasteiger partial charge in [-0.05, 0) is 23.3 Å². The molecule has 2 aromatic carbocycles. The Hall–Kier alpha value is -3.65. The first kappa shape index (κ1) is 21.6. The average molecular weight is 451 g/mol. The van der Waals surface area contributed by atoms with Crippen molar-refractivity contribution < 1.29 is 19.0 Å². The van der Waals surface area contributed by atoms with Gasteiger partial charge in [0.1, 0.15) is 11.4 Å². The lowest BCUT2D eigenvalue weighted by Crippen LogP contribution is -2.26. The summed E-state index contributed by atoms with van der Waals surface area (Å²) in [6.45, 7) is 0.0559. The number of thiophene rings is 1. The second-order valence-corrected chi connectivity index (χ2v) is 7.89. The minimum Gasteiger partial charge on any atom is -0.493 e. The maximum Gasteiger partial charge on any atom is 0.326 e. The van der Waals surface area contributed by atoms with Gasteiger partial charge in [-0.3, -0.25) is 14.2 Å². The SMILES string of the molecule is COc1ccc(-c2csc3ncn(CC(=O)OCCc4ccccc4)c(=O)c23)cc1OC. The van der Waals surface area contributed by atoms with E-state index < -0.39 is 5.97 Å². The van der Waals surface area contributed by atoms with Gasteiger partial charge in [-0.25, -0.2) is 4.98 Å². The van der Waals surface area contributed by atoms with E-state index in [-0.39, 0.29) is 18.7 Å². The van der Waals surface area contributed by atoms with Crippen LogP contribution >= 0.6 is 11.3 Å². The molecule has 4 aromatic rings. The fourth-order valence-electron chi connectivity index (χ4n) is 3.41. The number of aromatic nitrogens is 2. The van der Waals surface area contributed by atoms with Crippen LogP contribution in [0.25, 0.3) is 21.3 Å². The summed E-state index contributed by atoms with van der Waals surface area (Å²) < 4.78 is 17.3. The van der Waals surface area contributed by atoms with Gasteiger partial charge in [0.25, 0.3) is 5.56 Å². The maximum absolute atomic E-state index is 13.2. The average Bonchev–Trinajstić information content (AvgIpc) is 3.26. The molecular formula is C24H22N2O5S. The summed E-state index contributed by atoms with van der Waals surface area (Å²) in [6.07, 6.45) is 2.00.